The molecule has 2 nitrogen and oxygen atoms in total. The summed E-state index contributed by atoms with van der Waals surface area (Å²) in [5, 5.41) is 0. The summed E-state index contributed by atoms with van der Waals surface area (Å²) >= 11 is 0. The Morgan fingerprint density at radius 3 is 2.17 bits per heavy atom. The van der Waals surface area contributed by atoms with E-state index in [-0.39, 0.29) is 11.8 Å². The van der Waals surface area contributed by atoms with Gasteiger partial charge in [0, 0.05) is 0 Å². The number of carbonyl (C=O) groups is 1. The van der Waals surface area contributed by atoms with Crippen molar-refractivity contribution in [2.45, 2.75) is 84.5 Å². The second kappa shape index (κ2) is 12.5. The average molecular weight is 394 g/mol. The summed E-state index contributed by atoms with van der Waals surface area (Å²) in [6, 6.07) is 17.4. The van der Waals surface area contributed by atoms with Crippen molar-refractivity contribution in [1.29, 1.82) is 0 Å². The molecule has 29 heavy (non-hydrogen) atoms. The summed E-state index contributed by atoms with van der Waals surface area (Å²) in [7, 11) is 0. The van der Waals surface area contributed by atoms with Gasteiger partial charge in [-0.1, -0.05) is 101 Å². The molecule has 2 N–H and O–H groups in total. The van der Waals surface area contributed by atoms with Gasteiger partial charge in [-0.25, -0.2) is 0 Å². The fourth-order valence-electron chi connectivity index (χ4n) is 4.10. The average Bonchev–Trinajstić information content (AvgIpc) is 2.70. The van der Waals surface area contributed by atoms with Gasteiger partial charge in [0.25, 0.3) is 0 Å². The van der Waals surface area contributed by atoms with Crippen LogP contribution in [0.5, 0.6) is 0 Å². The zero-order valence-electron chi connectivity index (χ0n) is 18.6. The predicted octanol–water partition coefficient (Wildman–Crippen LogP) is 6.60. The Kier molecular flexibility index (Phi) is 9.97. The number of unbranched alkanes of at least 4 members (excludes halogenated alkanes) is 4. The summed E-state index contributed by atoms with van der Waals surface area (Å²) in [6.45, 7) is 6.73. The van der Waals surface area contributed by atoms with Gasteiger partial charge in [-0.15, -0.1) is 0 Å². The second-order valence-electron chi connectivity index (χ2n) is 8.77. The summed E-state index contributed by atoms with van der Waals surface area (Å²) < 4.78 is 0. The van der Waals surface area contributed by atoms with Crippen LogP contribution in [0.2, 0.25) is 0 Å². The number of carbonyl (C=O) groups excluding carboxylic acids is 1. The molecule has 2 heteroatoms. The van der Waals surface area contributed by atoms with Gasteiger partial charge in [0.1, 0.15) is 0 Å². The molecule has 0 radical (unpaired) electrons. The van der Waals surface area contributed by atoms with Gasteiger partial charge in [-0.05, 0) is 53.9 Å². The van der Waals surface area contributed by atoms with Crippen molar-refractivity contribution in [1.82, 2.24) is 0 Å². The monoisotopic (exact) mass is 393 g/mol. The molecule has 0 aliphatic carbocycles. The Bertz CT molecular complexity index is 732. The Morgan fingerprint density at radius 2 is 1.52 bits per heavy atom. The van der Waals surface area contributed by atoms with E-state index in [1.165, 1.54) is 42.4 Å². The second-order valence-corrected chi connectivity index (χ2v) is 8.77. The van der Waals surface area contributed by atoms with Crippen LogP contribution in [0, 0.1) is 5.92 Å². The van der Waals surface area contributed by atoms with Crippen molar-refractivity contribution in [3.05, 3.63) is 70.8 Å². The highest BCUT2D eigenvalue weighted by molar-refractivity contribution is 5.82. The van der Waals surface area contributed by atoms with E-state index in [4.69, 9.17) is 5.73 Å². The molecule has 158 valence electrons. The topological polar surface area (TPSA) is 43.1 Å². The van der Waals surface area contributed by atoms with E-state index >= 15 is 0 Å². The zero-order chi connectivity index (χ0) is 21.1. The molecule has 1 atom stereocenters. The highest BCUT2D eigenvalue weighted by Gasteiger charge is 2.20. The van der Waals surface area contributed by atoms with Gasteiger partial charge in [0.2, 0.25) is 5.91 Å². The van der Waals surface area contributed by atoms with E-state index in [1.54, 1.807) is 0 Å². The fraction of sp³-hybridized carbons (Fsp3) is 0.519. The largest absolute Gasteiger partial charge is 0.369 e. The summed E-state index contributed by atoms with van der Waals surface area (Å²) in [5.74, 6) is 0.327. The van der Waals surface area contributed by atoms with Gasteiger partial charge in [0.15, 0.2) is 0 Å². The van der Waals surface area contributed by atoms with E-state index in [9.17, 15) is 4.79 Å². The molecule has 1 amide bonds. The lowest BCUT2D eigenvalue weighted by molar-refractivity contribution is -0.119. The minimum absolute atomic E-state index is 0.166. The van der Waals surface area contributed by atoms with Crippen LogP contribution in [0.25, 0.3) is 0 Å². The summed E-state index contributed by atoms with van der Waals surface area (Å²) in [5.41, 5.74) is 10.9. The molecular weight excluding hydrogens is 354 g/mol. The Labute approximate surface area is 177 Å². The molecule has 0 aliphatic rings. The molecule has 2 aromatic carbocycles. The minimum atomic E-state index is -0.189. The fourth-order valence-corrected chi connectivity index (χ4v) is 4.10. The highest BCUT2D eigenvalue weighted by Crippen LogP contribution is 2.27. The molecule has 1 unspecified atom stereocenters. The first-order valence-corrected chi connectivity index (χ1v) is 11.5. The molecule has 0 saturated carbocycles. The molecule has 0 bridgehead atoms. The molecule has 2 rings (SSSR count). The molecular formula is C27H39NO. The predicted molar refractivity (Wildman–Crippen MR) is 124 cm³/mol. The zero-order valence-corrected chi connectivity index (χ0v) is 18.6. The Morgan fingerprint density at radius 1 is 0.862 bits per heavy atom. The van der Waals surface area contributed by atoms with Gasteiger partial charge in [0.05, 0.1) is 5.92 Å². The minimum Gasteiger partial charge on any atom is -0.369 e. The van der Waals surface area contributed by atoms with Crippen molar-refractivity contribution in [2.75, 3.05) is 0 Å². The van der Waals surface area contributed by atoms with E-state index < -0.39 is 0 Å². The van der Waals surface area contributed by atoms with Crippen LogP contribution < -0.4 is 5.73 Å². The first-order chi connectivity index (χ1) is 14.0. The molecule has 2 aromatic rings. The van der Waals surface area contributed by atoms with Gasteiger partial charge >= 0.3 is 0 Å². The third kappa shape index (κ3) is 8.04. The van der Waals surface area contributed by atoms with Crippen LogP contribution in [0.1, 0.15) is 87.5 Å². The van der Waals surface area contributed by atoms with Crippen LogP contribution in [0.15, 0.2) is 48.5 Å². The SMILES string of the molecule is CCCCCCCC(C(N)=O)c1ccccc1CCc1ccc(CC(C)C)cc1. The molecule has 0 saturated heterocycles. The van der Waals surface area contributed by atoms with Crippen LogP contribution in [0.4, 0.5) is 0 Å². The Hall–Kier alpha value is -2.09. The number of rotatable bonds is 13. The Balaban J connectivity index is 2.01. The van der Waals surface area contributed by atoms with Crippen molar-refractivity contribution in [3.8, 4) is 0 Å². The van der Waals surface area contributed by atoms with Crippen molar-refractivity contribution in [2.24, 2.45) is 11.7 Å². The number of hydrogen-bond donors (Lipinski definition) is 1. The number of hydrogen-bond acceptors (Lipinski definition) is 1. The van der Waals surface area contributed by atoms with Crippen LogP contribution in [0.3, 0.4) is 0 Å². The number of benzene rings is 2. The normalized spacial score (nSPS) is 12.3. The highest BCUT2D eigenvalue weighted by atomic mass is 16.1. The lowest BCUT2D eigenvalue weighted by atomic mass is 9.87. The maximum absolute atomic E-state index is 12.2. The van der Waals surface area contributed by atoms with E-state index in [2.05, 4.69) is 63.2 Å². The number of nitrogens with two attached hydrogens (primary N) is 1. The summed E-state index contributed by atoms with van der Waals surface area (Å²) in [4.78, 5) is 12.2. The molecule has 0 heterocycles. The standard InChI is InChI=1S/C27H39NO/c1-4-5-6-7-8-13-26(27(28)29)25-12-10-9-11-24(25)19-18-22-14-16-23(17-15-22)20-21(2)3/h9-12,14-17,21,26H,4-8,13,18-20H2,1-3H3,(H2,28,29). The van der Waals surface area contributed by atoms with Crippen LogP contribution in [-0.2, 0) is 24.1 Å². The number of aryl methyl sites for hydroxylation is 2. The molecule has 0 aromatic heterocycles. The van der Waals surface area contributed by atoms with Crippen LogP contribution in [-0.4, -0.2) is 5.91 Å². The van der Waals surface area contributed by atoms with Crippen molar-refractivity contribution in [3.63, 3.8) is 0 Å². The first kappa shape index (κ1) is 23.2. The molecule has 0 spiro atoms. The molecule has 0 aliphatic heterocycles. The van der Waals surface area contributed by atoms with Gasteiger partial charge in [-0.2, -0.15) is 0 Å². The van der Waals surface area contributed by atoms with E-state index in [0.717, 1.165) is 37.7 Å². The number of amides is 1. The number of primary amides is 1. The van der Waals surface area contributed by atoms with E-state index in [1.807, 2.05) is 6.07 Å². The van der Waals surface area contributed by atoms with E-state index in [0.29, 0.717) is 5.92 Å². The summed E-state index contributed by atoms with van der Waals surface area (Å²) in [6.07, 6.45) is 9.93. The van der Waals surface area contributed by atoms with Crippen molar-refractivity contribution >= 4 is 5.91 Å². The van der Waals surface area contributed by atoms with Crippen LogP contribution >= 0.6 is 0 Å². The van der Waals surface area contributed by atoms with Crippen molar-refractivity contribution < 1.29 is 4.79 Å². The smallest absolute Gasteiger partial charge is 0.224 e. The third-order valence-corrected chi connectivity index (χ3v) is 5.72. The van der Waals surface area contributed by atoms with Gasteiger partial charge < -0.3 is 5.73 Å². The lowest BCUT2D eigenvalue weighted by Gasteiger charge is -2.18. The maximum atomic E-state index is 12.2. The molecule has 0 fully saturated rings. The maximum Gasteiger partial charge on any atom is 0.224 e. The van der Waals surface area contributed by atoms with Gasteiger partial charge in [-0.3, -0.25) is 4.79 Å². The third-order valence-electron chi connectivity index (χ3n) is 5.72. The first-order valence-electron chi connectivity index (χ1n) is 11.5. The lowest BCUT2D eigenvalue weighted by Crippen LogP contribution is -2.22. The quantitative estimate of drug-likeness (QED) is 0.383.